The van der Waals surface area contributed by atoms with Crippen LogP contribution in [0.3, 0.4) is 0 Å². The molecule has 1 saturated heterocycles. The van der Waals surface area contributed by atoms with Gasteiger partial charge < -0.3 is 10.1 Å². The zero-order chi connectivity index (χ0) is 21.6. The summed E-state index contributed by atoms with van der Waals surface area (Å²) in [6, 6.07) is 9.03. The molecule has 0 radical (unpaired) electrons. The quantitative estimate of drug-likeness (QED) is 0.404. The maximum absolute atomic E-state index is 13.9. The van der Waals surface area contributed by atoms with Crippen molar-refractivity contribution in [2.75, 3.05) is 13.6 Å². The molecule has 0 aromatic heterocycles. The third kappa shape index (κ3) is 4.65. The van der Waals surface area contributed by atoms with Gasteiger partial charge in [-0.15, -0.1) is 0 Å². The van der Waals surface area contributed by atoms with Gasteiger partial charge in [-0.3, -0.25) is 9.69 Å². The van der Waals surface area contributed by atoms with E-state index in [1.807, 2.05) is 30.3 Å². The van der Waals surface area contributed by atoms with Gasteiger partial charge in [0.15, 0.2) is 0 Å². The van der Waals surface area contributed by atoms with Gasteiger partial charge in [0.25, 0.3) is 5.54 Å². The zero-order valence-corrected chi connectivity index (χ0v) is 18.2. The number of likely N-dealkylation sites (tertiary alicyclic amines) is 1. The van der Waals surface area contributed by atoms with E-state index in [1.165, 1.54) is 0 Å². The number of amides is 1. The Balaban J connectivity index is 1.89. The minimum Gasteiger partial charge on any atom is -0.456 e. The van der Waals surface area contributed by atoms with Crippen molar-refractivity contribution in [1.29, 1.82) is 0 Å². The Bertz CT molecular complexity index is 743. The van der Waals surface area contributed by atoms with Gasteiger partial charge in [-0.25, -0.2) is 9.59 Å². The van der Waals surface area contributed by atoms with E-state index in [9.17, 15) is 14.4 Å². The molecule has 1 aromatic rings. The average Bonchev–Trinajstić information content (AvgIpc) is 3.05. The largest absolute Gasteiger partial charge is 0.456 e. The average molecular weight is 416 g/mol. The topological polar surface area (TPSA) is 76.9 Å². The molecule has 3 rings (SSSR count). The molecule has 2 N–H and O–H groups in total. The van der Waals surface area contributed by atoms with Crippen molar-refractivity contribution in [2.24, 2.45) is 5.92 Å². The fourth-order valence-corrected chi connectivity index (χ4v) is 4.95. The number of esters is 1. The molecule has 2 aliphatic rings. The summed E-state index contributed by atoms with van der Waals surface area (Å²) in [5.74, 6) is -0.910. The lowest BCUT2D eigenvalue weighted by molar-refractivity contribution is -0.842. The first-order valence-electron chi connectivity index (χ1n) is 11.3. The van der Waals surface area contributed by atoms with Crippen LogP contribution in [0.25, 0.3) is 0 Å². The Morgan fingerprint density at radius 1 is 1.10 bits per heavy atom. The van der Waals surface area contributed by atoms with E-state index < -0.39 is 17.6 Å². The number of Topliss-reactive ketones (excluding diaryl/α,β-unsaturated/α-hetero) is 1. The molecular formula is C24H35N2O4+. The molecule has 3 atom stereocenters. The number of rotatable bonds is 7. The molecule has 1 saturated carbocycles. The number of nitrogens with one attached hydrogen (secondary N) is 2. The molecule has 6 nitrogen and oxygen atoms in total. The molecule has 0 spiro atoms. The number of carbonyl (C=O) groups excluding carboxylic acids is 3. The Labute approximate surface area is 179 Å². The van der Waals surface area contributed by atoms with Crippen LogP contribution in [0, 0.1) is 5.92 Å². The number of ether oxygens (including phenoxy) is 1. The molecule has 1 amide bonds. The lowest BCUT2D eigenvalue weighted by Crippen LogP contribution is -3.24. The van der Waals surface area contributed by atoms with E-state index in [0.717, 1.165) is 44.1 Å². The first kappa shape index (κ1) is 22.6. The van der Waals surface area contributed by atoms with Crippen molar-refractivity contribution in [3.8, 4) is 0 Å². The van der Waals surface area contributed by atoms with Gasteiger partial charge in [0.05, 0.1) is 6.54 Å². The van der Waals surface area contributed by atoms with Crippen LogP contribution in [-0.2, 0) is 25.7 Å². The SMILES string of the molecule is CN[C@@H](C)C(=O)[NH+]1CCC[C@@]1(C(=O)OCc1ccccc1)C(=O)C1CCCCCC1. The maximum atomic E-state index is 13.9. The van der Waals surface area contributed by atoms with Gasteiger partial charge in [-0.1, -0.05) is 56.0 Å². The fraction of sp³-hybridized carbons (Fsp3) is 0.625. The predicted octanol–water partition coefficient (Wildman–Crippen LogP) is 1.82. The third-order valence-electron chi connectivity index (χ3n) is 6.83. The molecule has 1 heterocycles. The van der Waals surface area contributed by atoms with E-state index in [2.05, 4.69) is 5.32 Å². The van der Waals surface area contributed by atoms with Gasteiger partial charge in [0.1, 0.15) is 12.6 Å². The number of ketones is 1. The second-order valence-corrected chi connectivity index (χ2v) is 8.73. The van der Waals surface area contributed by atoms with Crippen LogP contribution in [-0.4, -0.2) is 42.8 Å². The maximum Gasteiger partial charge on any atom is 0.377 e. The van der Waals surface area contributed by atoms with E-state index in [4.69, 9.17) is 4.74 Å². The van der Waals surface area contributed by atoms with Crippen LogP contribution in [0.2, 0.25) is 0 Å². The summed E-state index contributed by atoms with van der Waals surface area (Å²) < 4.78 is 5.70. The van der Waals surface area contributed by atoms with Crippen molar-refractivity contribution in [3.63, 3.8) is 0 Å². The van der Waals surface area contributed by atoms with Gasteiger partial charge in [0.2, 0.25) is 5.78 Å². The highest BCUT2D eigenvalue weighted by Crippen LogP contribution is 2.30. The molecule has 1 unspecified atom stereocenters. The molecule has 164 valence electrons. The molecule has 1 aromatic carbocycles. The predicted molar refractivity (Wildman–Crippen MR) is 114 cm³/mol. The standard InChI is InChI=1S/C24H34N2O4/c1-18(25-2)22(28)26-16-10-15-24(26,21(27)20-13-8-3-4-9-14-20)23(29)30-17-19-11-6-5-7-12-19/h5-7,11-12,18,20,25H,3-4,8-10,13-17H2,1-2H3/p+1/t18-,24-/m0/s1. The summed E-state index contributed by atoms with van der Waals surface area (Å²) >= 11 is 0. The summed E-state index contributed by atoms with van der Waals surface area (Å²) in [5.41, 5.74) is -0.538. The number of quaternary nitrogens is 1. The summed E-state index contributed by atoms with van der Waals surface area (Å²) in [4.78, 5) is 41.0. The normalized spacial score (nSPS) is 26.0. The number of hydrogen-bond donors (Lipinski definition) is 2. The first-order valence-corrected chi connectivity index (χ1v) is 11.3. The first-order chi connectivity index (χ1) is 14.5. The van der Waals surface area contributed by atoms with Crippen LogP contribution in [0.5, 0.6) is 0 Å². The molecule has 30 heavy (non-hydrogen) atoms. The molecule has 2 fully saturated rings. The Morgan fingerprint density at radius 3 is 2.40 bits per heavy atom. The second-order valence-electron chi connectivity index (χ2n) is 8.73. The van der Waals surface area contributed by atoms with Gasteiger partial charge in [0, 0.05) is 18.8 Å². The zero-order valence-electron chi connectivity index (χ0n) is 18.2. The molecule has 0 bridgehead atoms. The highest BCUT2D eigenvalue weighted by atomic mass is 16.5. The molecule has 1 aliphatic heterocycles. The van der Waals surface area contributed by atoms with E-state index in [0.29, 0.717) is 24.3 Å². The number of carbonyl (C=O) groups is 3. The smallest absolute Gasteiger partial charge is 0.377 e. The Kier molecular flexibility index (Phi) is 7.78. The lowest BCUT2D eigenvalue weighted by atomic mass is 9.80. The summed E-state index contributed by atoms with van der Waals surface area (Å²) in [6.45, 7) is 2.38. The Morgan fingerprint density at radius 2 is 1.77 bits per heavy atom. The van der Waals surface area contributed by atoms with E-state index in [-0.39, 0.29) is 24.2 Å². The van der Waals surface area contributed by atoms with Crippen molar-refractivity contribution in [2.45, 2.75) is 76.5 Å². The van der Waals surface area contributed by atoms with Gasteiger partial charge in [-0.2, -0.15) is 0 Å². The van der Waals surface area contributed by atoms with Crippen molar-refractivity contribution >= 4 is 17.7 Å². The minimum atomic E-state index is -1.41. The third-order valence-corrected chi connectivity index (χ3v) is 6.83. The van der Waals surface area contributed by atoms with Crippen LogP contribution < -0.4 is 10.2 Å². The van der Waals surface area contributed by atoms with E-state index in [1.54, 1.807) is 14.0 Å². The fourth-order valence-electron chi connectivity index (χ4n) is 4.95. The van der Waals surface area contributed by atoms with Crippen LogP contribution in [0.15, 0.2) is 30.3 Å². The van der Waals surface area contributed by atoms with Crippen LogP contribution in [0.1, 0.15) is 63.9 Å². The van der Waals surface area contributed by atoms with Crippen molar-refractivity contribution in [1.82, 2.24) is 5.32 Å². The molecule has 6 heteroatoms. The highest BCUT2D eigenvalue weighted by molar-refractivity contribution is 6.09. The second kappa shape index (κ2) is 10.3. The highest BCUT2D eigenvalue weighted by Gasteiger charge is 2.63. The molecule has 1 aliphatic carbocycles. The van der Waals surface area contributed by atoms with Gasteiger partial charge >= 0.3 is 11.9 Å². The minimum absolute atomic E-state index is 0.0772. The van der Waals surface area contributed by atoms with Crippen LogP contribution in [0.4, 0.5) is 0 Å². The van der Waals surface area contributed by atoms with Crippen LogP contribution >= 0.6 is 0 Å². The summed E-state index contributed by atoms with van der Waals surface area (Å²) in [5, 5.41) is 2.97. The van der Waals surface area contributed by atoms with Crippen molar-refractivity contribution < 1.29 is 24.0 Å². The summed E-state index contributed by atoms with van der Waals surface area (Å²) in [6.07, 6.45) is 6.90. The van der Waals surface area contributed by atoms with Crippen molar-refractivity contribution in [3.05, 3.63) is 35.9 Å². The number of benzene rings is 1. The Hall–Kier alpha value is -2.05. The number of likely N-dealkylation sites (N-methyl/N-ethyl adjacent to an activating group) is 1. The molecular weight excluding hydrogens is 380 g/mol. The monoisotopic (exact) mass is 415 g/mol. The summed E-state index contributed by atoms with van der Waals surface area (Å²) in [7, 11) is 1.72. The number of hydrogen-bond acceptors (Lipinski definition) is 5. The van der Waals surface area contributed by atoms with E-state index >= 15 is 0 Å². The van der Waals surface area contributed by atoms with Gasteiger partial charge in [-0.05, 0) is 32.4 Å². The lowest BCUT2D eigenvalue weighted by Gasteiger charge is -2.33.